The molecule has 0 spiro atoms. The molecule has 1 fully saturated rings. The third kappa shape index (κ3) is 6.21. The number of Topliss-reactive ketones (excluding diaryl/α,β-unsaturated/α-hetero) is 1. The Kier molecular flexibility index (Phi) is 6.98. The van der Waals surface area contributed by atoms with Crippen LogP contribution in [-0.2, 0) is 9.53 Å². The van der Waals surface area contributed by atoms with E-state index in [1.807, 2.05) is 26.0 Å². The van der Waals surface area contributed by atoms with Crippen molar-refractivity contribution >= 4 is 17.8 Å². The van der Waals surface area contributed by atoms with Gasteiger partial charge in [-0.25, -0.2) is 4.79 Å². The van der Waals surface area contributed by atoms with Crippen LogP contribution in [0.25, 0.3) is 0 Å². The van der Waals surface area contributed by atoms with Crippen molar-refractivity contribution in [3.05, 3.63) is 35.4 Å². The first-order valence-electron chi connectivity index (χ1n) is 8.78. The van der Waals surface area contributed by atoms with Crippen molar-refractivity contribution in [1.82, 2.24) is 10.6 Å². The second-order valence-corrected chi connectivity index (χ2v) is 6.56. The molecular weight excluding hydrogens is 320 g/mol. The van der Waals surface area contributed by atoms with Gasteiger partial charge in [0.2, 0.25) is 0 Å². The summed E-state index contributed by atoms with van der Waals surface area (Å²) in [6, 6.07) is 7.39. The van der Waals surface area contributed by atoms with Crippen molar-refractivity contribution in [2.45, 2.75) is 58.0 Å². The lowest BCUT2D eigenvalue weighted by Crippen LogP contribution is -2.30. The molecule has 6 nitrogen and oxygen atoms in total. The van der Waals surface area contributed by atoms with Crippen molar-refractivity contribution in [2.75, 3.05) is 6.61 Å². The highest BCUT2D eigenvalue weighted by atomic mass is 16.5. The van der Waals surface area contributed by atoms with Gasteiger partial charge in [-0.05, 0) is 26.7 Å². The molecule has 1 heterocycles. The van der Waals surface area contributed by atoms with Crippen LogP contribution in [0.15, 0.2) is 24.3 Å². The summed E-state index contributed by atoms with van der Waals surface area (Å²) >= 11 is 0. The summed E-state index contributed by atoms with van der Waals surface area (Å²) in [6.07, 6.45) is 3.75. The number of carbonyl (C=O) groups excluding carboxylic acids is 3. The van der Waals surface area contributed by atoms with Crippen molar-refractivity contribution in [1.29, 1.82) is 0 Å². The van der Waals surface area contributed by atoms with E-state index in [1.54, 1.807) is 12.1 Å². The molecule has 25 heavy (non-hydrogen) atoms. The zero-order chi connectivity index (χ0) is 18.2. The van der Waals surface area contributed by atoms with E-state index in [-0.39, 0.29) is 36.5 Å². The molecule has 0 saturated carbocycles. The number of ether oxygens (including phenoxy) is 1. The van der Waals surface area contributed by atoms with Crippen molar-refractivity contribution < 1.29 is 19.1 Å². The van der Waals surface area contributed by atoms with Gasteiger partial charge in [-0.2, -0.15) is 0 Å². The molecule has 2 amide bonds. The van der Waals surface area contributed by atoms with E-state index in [2.05, 4.69) is 10.6 Å². The average molecular weight is 346 g/mol. The number of amides is 2. The molecule has 1 aliphatic heterocycles. The summed E-state index contributed by atoms with van der Waals surface area (Å²) in [5.41, 5.74) is 1.63. The lowest BCUT2D eigenvalue weighted by atomic mass is 10.0. The van der Waals surface area contributed by atoms with Crippen LogP contribution in [-0.4, -0.2) is 36.5 Å². The first kappa shape index (κ1) is 19.0. The zero-order valence-corrected chi connectivity index (χ0v) is 14.8. The van der Waals surface area contributed by atoms with Gasteiger partial charge in [0.15, 0.2) is 12.4 Å². The summed E-state index contributed by atoms with van der Waals surface area (Å²) in [5.74, 6) is -0.531. The van der Waals surface area contributed by atoms with Crippen LogP contribution in [0.2, 0.25) is 0 Å². The second kappa shape index (κ2) is 9.20. The van der Waals surface area contributed by atoms with Gasteiger partial charge in [0.1, 0.15) is 0 Å². The SMILES string of the molecule is Cc1ccc(C(=O)COC(=O)CCCCCC2NC(=O)NC2C)cc1. The van der Waals surface area contributed by atoms with Gasteiger partial charge in [0.05, 0.1) is 6.04 Å². The van der Waals surface area contributed by atoms with Crippen molar-refractivity contribution in [2.24, 2.45) is 0 Å². The Hall–Kier alpha value is -2.37. The van der Waals surface area contributed by atoms with Crippen LogP contribution in [0, 0.1) is 6.92 Å². The van der Waals surface area contributed by atoms with Gasteiger partial charge in [-0.1, -0.05) is 42.7 Å². The van der Waals surface area contributed by atoms with Gasteiger partial charge < -0.3 is 15.4 Å². The summed E-state index contributed by atoms with van der Waals surface area (Å²) < 4.78 is 5.04. The highest BCUT2D eigenvalue weighted by Crippen LogP contribution is 2.12. The summed E-state index contributed by atoms with van der Waals surface area (Å²) in [7, 11) is 0. The molecule has 0 radical (unpaired) electrons. The molecule has 0 aliphatic carbocycles. The monoisotopic (exact) mass is 346 g/mol. The Balaban J connectivity index is 1.56. The van der Waals surface area contributed by atoms with E-state index in [4.69, 9.17) is 4.74 Å². The van der Waals surface area contributed by atoms with Crippen LogP contribution in [0.3, 0.4) is 0 Å². The van der Waals surface area contributed by atoms with E-state index in [9.17, 15) is 14.4 Å². The van der Waals surface area contributed by atoms with Gasteiger partial charge in [0.25, 0.3) is 0 Å². The van der Waals surface area contributed by atoms with Gasteiger partial charge in [-0.3, -0.25) is 9.59 Å². The Morgan fingerprint density at radius 2 is 1.80 bits per heavy atom. The summed E-state index contributed by atoms with van der Waals surface area (Å²) in [6.45, 7) is 3.72. The quantitative estimate of drug-likeness (QED) is 0.409. The number of benzene rings is 1. The van der Waals surface area contributed by atoms with Crippen LogP contribution >= 0.6 is 0 Å². The molecule has 0 bridgehead atoms. The van der Waals surface area contributed by atoms with Crippen LogP contribution in [0.4, 0.5) is 4.79 Å². The van der Waals surface area contributed by atoms with E-state index in [0.29, 0.717) is 12.0 Å². The summed E-state index contributed by atoms with van der Waals surface area (Å²) in [5, 5.41) is 5.69. The number of hydrogen-bond donors (Lipinski definition) is 2. The third-order valence-corrected chi connectivity index (χ3v) is 4.41. The minimum absolute atomic E-state index is 0.112. The molecule has 1 saturated heterocycles. The number of urea groups is 1. The van der Waals surface area contributed by atoms with E-state index < -0.39 is 0 Å². The fourth-order valence-electron chi connectivity index (χ4n) is 2.82. The highest BCUT2D eigenvalue weighted by Gasteiger charge is 2.26. The highest BCUT2D eigenvalue weighted by molar-refractivity contribution is 5.97. The number of aryl methyl sites for hydroxylation is 1. The first-order chi connectivity index (χ1) is 12.0. The molecule has 2 atom stereocenters. The molecule has 1 aromatic carbocycles. The van der Waals surface area contributed by atoms with E-state index in [1.165, 1.54) is 0 Å². The average Bonchev–Trinajstić information content (AvgIpc) is 2.90. The maximum absolute atomic E-state index is 11.9. The van der Waals surface area contributed by atoms with Gasteiger partial charge >= 0.3 is 12.0 Å². The number of nitrogens with one attached hydrogen (secondary N) is 2. The Morgan fingerprint density at radius 3 is 2.44 bits per heavy atom. The lowest BCUT2D eigenvalue weighted by Gasteiger charge is -2.13. The standard InChI is InChI=1S/C19H26N2O4/c1-13-8-10-15(11-9-13)17(22)12-25-18(23)7-5-3-4-6-16-14(2)20-19(24)21-16/h8-11,14,16H,3-7,12H2,1-2H3,(H2,20,21,24). The lowest BCUT2D eigenvalue weighted by molar-refractivity contribution is -0.142. The number of rotatable bonds is 9. The Morgan fingerprint density at radius 1 is 1.08 bits per heavy atom. The fraction of sp³-hybridized carbons (Fsp3) is 0.526. The van der Waals surface area contributed by atoms with Gasteiger partial charge in [-0.15, -0.1) is 0 Å². The molecule has 136 valence electrons. The smallest absolute Gasteiger partial charge is 0.315 e. The molecule has 2 unspecified atom stereocenters. The fourth-order valence-corrected chi connectivity index (χ4v) is 2.82. The number of esters is 1. The predicted molar refractivity (Wildman–Crippen MR) is 94.5 cm³/mol. The normalized spacial score (nSPS) is 19.2. The second-order valence-electron chi connectivity index (χ2n) is 6.56. The van der Waals surface area contributed by atoms with E-state index in [0.717, 1.165) is 31.2 Å². The first-order valence-corrected chi connectivity index (χ1v) is 8.78. The van der Waals surface area contributed by atoms with Crippen LogP contribution < -0.4 is 10.6 Å². The molecule has 2 rings (SSSR count). The zero-order valence-electron chi connectivity index (χ0n) is 14.8. The predicted octanol–water partition coefficient (Wildman–Crippen LogP) is 2.74. The molecule has 1 aromatic rings. The molecule has 2 N–H and O–H groups in total. The number of unbranched alkanes of at least 4 members (excludes halogenated alkanes) is 2. The third-order valence-electron chi connectivity index (χ3n) is 4.41. The van der Waals surface area contributed by atoms with Crippen molar-refractivity contribution in [3.8, 4) is 0 Å². The maximum atomic E-state index is 11.9. The number of carbonyl (C=O) groups is 3. The topological polar surface area (TPSA) is 84.5 Å². The molecule has 0 aromatic heterocycles. The summed E-state index contributed by atoms with van der Waals surface area (Å²) in [4.78, 5) is 34.8. The Labute approximate surface area is 148 Å². The molecule has 6 heteroatoms. The van der Waals surface area contributed by atoms with E-state index >= 15 is 0 Å². The molecule has 1 aliphatic rings. The Bertz CT molecular complexity index is 612. The van der Waals surface area contributed by atoms with Crippen LogP contribution in [0.1, 0.15) is 54.9 Å². The maximum Gasteiger partial charge on any atom is 0.315 e. The largest absolute Gasteiger partial charge is 0.457 e. The van der Waals surface area contributed by atoms with Crippen molar-refractivity contribution in [3.63, 3.8) is 0 Å². The number of ketones is 1. The van der Waals surface area contributed by atoms with Crippen LogP contribution in [0.5, 0.6) is 0 Å². The minimum atomic E-state index is -0.343. The number of hydrogen-bond acceptors (Lipinski definition) is 4. The molecular formula is C19H26N2O4. The minimum Gasteiger partial charge on any atom is -0.457 e. The van der Waals surface area contributed by atoms with Gasteiger partial charge in [0, 0.05) is 18.0 Å².